The Hall–Kier alpha value is -1.40. The van der Waals surface area contributed by atoms with Crippen molar-refractivity contribution in [1.29, 1.82) is 0 Å². The Balaban J connectivity index is 1.45. The van der Waals surface area contributed by atoms with Gasteiger partial charge >= 0.3 is 0 Å². The first-order valence-electron chi connectivity index (χ1n) is 8.36. The van der Waals surface area contributed by atoms with Crippen molar-refractivity contribution in [1.82, 2.24) is 4.90 Å². The molecule has 1 aliphatic rings. The quantitative estimate of drug-likeness (QED) is 0.835. The first-order chi connectivity index (χ1) is 11.7. The number of hydrogen-bond acceptors (Lipinski definition) is 5. The number of benzene rings is 1. The molecule has 0 spiro atoms. The van der Waals surface area contributed by atoms with E-state index in [1.165, 1.54) is 10.4 Å². The lowest BCUT2D eigenvalue weighted by Crippen LogP contribution is -2.40. The number of fused-ring (bicyclic) bond motifs is 1. The van der Waals surface area contributed by atoms with Crippen LogP contribution in [-0.2, 0) is 17.8 Å². The third kappa shape index (κ3) is 4.16. The Morgan fingerprint density at radius 1 is 1.38 bits per heavy atom. The van der Waals surface area contributed by atoms with Gasteiger partial charge in [-0.3, -0.25) is 4.90 Å². The highest BCUT2D eigenvalue weighted by Gasteiger charge is 2.26. The lowest BCUT2D eigenvalue weighted by molar-refractivity contribution is 0.00222. The Bertz CT molecular complexity index is 658. The zero-order chi connectivity index (χ0) is 16.9. The zero-order valence-electron chi connectivity index (χ0n) is 14.3. The molecule has 1 aromatic heterocycles. The second-order valence-electron chi connectivity index (χ2n) is 6.24. The summed E-state index contributed by atoms with van der Waals surface area (Å²) in [5.74, 6) is 0.824. The minimum atomic E-state index is -0.474. The predicted octanol–water partition coefficient (Wildman–Crippen LogP) is 3.25. The van der Waals surface area contributed by atoms with Gasteiger partial charge in [-0.25, -0.2) is 0 Å². The van der Waals surface area contributed by atoms with Crippen LogP contribution in [0, 0.1) is 0 Å². The first kappa shape index (κ1) is 17.4. The highest BCUT2D eigenvalue weighted by Crippen LogP contribution is 2.32. The van der Waals surface area contributed by atoms with Gasteiger partial charge in [-0.15, -0.1) is 11.3 Å². The van der Waals surface area contributed by atoms with E-state index in [1.54, 1.807) is 7.11 Å². The number of aliphatic hydroxyl groups excluding tert-OH is 1. The molecule has 1 aromatic carbocycles. The van der Waals surface area contributed by atoms with E-state index in [1.807, 2.05) is 35.6 Å². The molecule has 0 unspecified atom stereocenters. The van der Waals surface area contributed by atoms with E-state index in [-0.39, 0.29) is 0 Å². The molecule has 2 atom stereocenters. The summed E-state index contributed by atoms with van der Waals surface area (Å²) in [6.07, 6.45) is 0.604. The summed E-state index contributed by atoms with van der Waals surface area (Å²) in [5.41, 5.74) is 2.46. The van der Waals surface area contributed by atoms with Crippen LogP contribution in [-0.4, -0.2) is 42.9 Å². The van der Waals surface area contributed by atoms with Gasteiger partial charge in [0.2, 0.25) is 0 Å². The third-order valence-electron chi connectivity index (χ3n) is 4.56. The number of hydrogen-bond donors (Lipinski definition) is 1. The molecule has 0 fully saturated rings. The number of β-amino-alcohol motifs (C(OH)–C–C–N with tert-alkyl or cyclic N) is 1. The first-order valence-corrected chi connectivity index (χ1v) is 9.24. The zero-order valence-corrected chi connectivity index (χ0v) is 15.1. The largest absolute Gasteiger partial charge is 0.497 e. The van der Waals surface area contributed by atoms with E-state index in [0.29, 0.717) is 25.8 Å². The summed E-state index contributed by atoms with van der Waals surface area (Å²) in [5, 5.41) is 12.5. The van der Waals surface area contributed by atoms with E-state index in [4.69, 9.17) is 9.47 Å². The number of rotatable bonds is 7. The van der Waals surface area contributed by atoms with Crippen molar-refractivity contribution in [3.8, 4) is 5.75 Å². The summed E-state index contributed by atoms with van der Waals surface area (Å²) >= 11 is 1.84. The van der Waals surface area contributed by atoms with Crippen molar-refractivity contribution < 1.29 is 14.6 Å². The van der Waals surface area contributed by atoms with Gasteiger partial charge in [0.25, 0.3) is 0 Å². The maximum Gasteiger partial charge on any atom is 0.119 e. The molecule has 2 heterocycles. The fourth-order valence-electron chi connectivity index (χ4n) is 3.21. The lowest BCUT2D eigenvalue weighted by atomic mass is 10.0. The maximum absolute atomic E-state index is 10.3. The van der Waals surface area contributed by atoms with Crippen molar-refractivity contribution in [2.45, 2.75) is 32.1 Å². The summed E-state index contributed by atoms with van der Waals surface area (Å²) in [7, 11) is 1.66. The van der Waals surface area contributed by atoms with Crippen molar-refractivity contribution >= 4 is 11.3 Å². The van der Waals surface area contributed by atoms with Crippen LogP contribution >= 0.6 is 11.3 Å². The maximum atomic E-state index is 10.3. The molecule has 3 rings (SSSR count). The predicted molar refractivity (Wildman–Crippen MR) is 96.7 cm³/mol. The second kappa shape index (κ2) is 8.12. The van der Waals surface area contributed by atoms with Crippen LogP contribution in [0.3, 0.4) is 0 Å². The number of nitrogens with zero attached hydrogens (tertiary/aromatic N) is 1. The van der Waals surface area contributed by atoms with Gasteiger partial charge in [0.15, 0.2) is 0 Å². The number of thiophene rings is 1. The summed E-state index contributed by atoms with van der Waals surface area (Å²) < 4.78 is 10.9. The molecule has 0 aliphatic carbocycles. The fourth-order valence-corrected chi connectivity index (χ4v) is 4.17. The SMILES string of the molecule is COc1cccc(COC[C@@H](O)CN2CCc3sccc3[C@@H]2C)c1. The van der Waals surface area contributed by atoms with Gasteiger partial charge < -0.3 is 14.6 Å². The average molecular weight is 347 g/mol. The van der Waals surface area contributed by atoms with Crippen LogP contribution < -0.4 is 4.74 Å². The van der Waals surface area contributed by atoms with Crippen LogP contribution in [0.2, 0.25) is 0 Å². The minimum absolute atomic E-state index is 0.344. The van der Waals surface area contributed by atoms with Crippen molar-refractivity contribution in [3.63, 3.8) is 0 Å². The molecule has 5 heteroatoms. The summed E-state index contributed by atoms with van der Waals surface area (Å²) in [6, 6.07) is 10.4. The molecule has 1 N–H and O–H groups in total. The molecule has 0 amide bonds. The molecule has 24 heavy (non-hydrogen) atoms. The Labute approximate surface area is 147 Å². The molecule has 4 nitrogen and oxygen atoms in total. The molecular formula is C19H25NO3S. The average Bonchev–Trinajstić information content (AvgIpc) is 3.07. The highest BCUT2D eigenvalue weighted by molar-refractivity contribution is 7.10. The molecule has 130 valence electrons. The van der Waals surface area contributed by atoms with Gasteiger partial charge in [0.1, 0.15) is 5.75 Å². The Kier molecular flexibility index (Phi) is 5.89. The lowest BCUT2D eigenvalue weighted by Gasteiger charge is -2.34. The van der Waals surface area contributed by atoms with Crippen molar-refractivity contribution in [3.05, 3.63) is 51.7 Å². The molecule has 0 bridgehead atoms. The van der Waals surface area contributed by atoms with Crippen LogP contribution in [0.15, 0.2) is 35.7 Å². The normalized spacial score (nSPS) is 19.0. The van der Waals surface area contributed by atoms with Crippen molar-refractivity contribution in [2.24, 2.45) is 0 Å². The van der Waals surface area contributed by atoms with Crippen molar-refractivity contribution in [2.75, 3.05) is 26.8 Å². The molecule has 1 aliphatic heterocycles. The molecule has 2 aromatic rings. The smallest absolute Gasteiger partial charge is 0.119 e. The standard InChI is InChI=1S/C19H25NO3S/c1-14-18-7-9-24-19(18)6-8-20(14)11-16(21)13-23-12-15-4-3-5-17(10-15)22-2/h3-5,7,9-10,14,16,21H,6,8,11-13H2,1-2H3/t14-,16-/m0/s1. The fraction of sp³-hybridized carbons (Fsp3) is 0.474. The molecular weight excluding hydrogens is 322 g/mol. The van der Waals surface area contributed by atoms with E-state index in [9.17, 15) is 5.11 Å². The highest BCUT2D eigenvalue weighted by atomic mass is 32.1. The van der Waals surface area contributed by atoms with E-state index in [0.717, 1.165) is 24.3 Å². The molecule has 0 radical (unpaired) electrons. The van der Waals surface area contributed by atoms with E-state index >= 15 is 0 Å². The number of methoxy groups -OCH3 is 1. The number of ether oxygens (including phenoxy) is 2. The minimum Gasteiger partial charge on any atom is -0.497 e. The summed E-state index contributed by atoms with van der Waals surface area (Å²) in [4.78, 5) is 3.83. The Morgan fingerprint density at radius 3 is 3.08 bits per heavy atom. The van der Waals surface area contributed by atoms with Gasteiger partial charge in [-0.05, 0) is 48.1 Å². The monoisotopic (exact) mass is 347 g/mol. The van der Waals surface area contributed by atoms with E-state index in [2.05, 4.69) is 23.3 Å². The topological polar surface area (TPSA) is 41.9 Å². The molecule has 0 saturated carbocycles. The van der Waals surface area contributed by atoms with Crippen LogP contribution in [0.25, 0.3) is 0 Å². The van der Waals surface area contributed by atoms with Crippen LogP contribution in [0.1, 0.15) is 29.0 Å². The number of aliphatic hydroxyl groups is 1. The van der Waals surface area contributed by atoms with Gasteiger partial charge in [-0.2, -0.15) is 0 Å². The third-order valence-corrected chi connectivity index (χ3v) is 5.56. The Morgan fingerprint density at radius 2 is 2.25 bits per heavy atom. The summed E-state index contributed by atoms with van der Waals surface area (Å²) in [6.45, 7) is 4.69. The van der Waals surface area contributed by atoms with Crippen LogP contribution in [0.4, 0.5) is 0 Å². The second-order valence-corrected chi connectivity index (χ2v) is 7.24. The van der Waals surface area contributed by atoms with Gasteiger partial charge in [0.05, 0.1) is 26.4 Å². The van der Waals surface area contributed by atoms with Crippen LogP contribution in [0.5, 0.6) is 5.75 Å². The molecule has 0 saturated heterocycles. The van der Waals surface area contributed by atoms with E-state index < -0.39 is 6.10 Å². The van der Waals surface area contributed by atoms with Gasteiger partial charge in [0, 0.05) is 24.0 Å². The van der Waals surface area contributed by atoms with Gasteiger partial charge in [-0.1, -0.05) is 12.1 Å².